The van der Waals surface area contributed by atoms with Gasteiger partial charge in [-0.3, -0.25) is 13.9 Å². The fourth-order valence-corrected chi connectivity index (χ4v) is 4.13. The minimum Gasteiger partial charge on any atom is -0.327 e. The highest BCUT2D eigenvalue weighted by atomic mass is 32.2. The summed E-state index contributed by atoms with van der Waals surface area (Å²) < 4.78 is 2.92. The van der Waals surface area contributed by atoms with Crippen molar-refractivity contribution in [2.45, 2.75) is 63.8 Å². The van der Waals surface area contributed by atoms with Crippen molar-refractivity contribution in [2.24, 2.45) is 0 Å². The highest BCUT2D eigenvalue weighted by molar-refractivity contribution is 7.98. The Morgan fingerprint density at radius 2 is 1.82 bits per heavy atom. The molecule has 0 fully saturated rings. The summed E-state index contributed by atoms with van der Waals surface area (Å²) in [5.74, 6) is 0.592. The van der Waals surface area contributed by atoms with Crippen LogP contribution in [0.15, 0.2) is 45.1 Å². The predicted octanol–water partition coefficient (Wildman–Crippen LogP) is 2.47. The second-order valence-electron chi connectivity index (χ2n) is 7.87. The summed E-state index contributed by atoms with van der Waals surface area (Å²) in [5, 5.41) is 13.3. The molecule has 0 amide bonds. The summed E-state index contributed by atoms with van der Waals surface area (Å²) in [4.78, 5) is 35.3. The molecule has 0 atom stereocenters. The number of unbranched alkanes of at least 4 members (excludes halogenated alkanes) is 2. The molecular formula is C22H28N8O2S. The van der Waals surface area contributed by atoms with Gasteiger partial charge in [0.05, 0.1) is 6.54 Å². The highest BCUT2D eigenvalue weighted by Crippen LogP contribution is 2.14. The smallest absolute Gasteiger partial charge is 0.327 e. The van der Waals surface area contributed by atoms with Crippen LogP contribution >= 0.6 is 11.8 Å². The number of fused-ring (bicyclic) bond motifs is 1. The fraction of sp³-hybridized carbons (Fsp3) is 0.455. The van der Waals surface area contributed by atoms with E-state index in [4.69, 9.17) is 0 Å². The molecule has 11 heteroatoms. The van der Waals surface area contributed by atoms with E-state index in [1.807, 2.05) is 36.6 Å². The quantitative estimate of drug-likeness (QED) is 0.265. The molecule has 3 aromatic heterocycles. The molecule has 174 valence electrons. The molecule has 0 aliphatic heterocycles. The van der Waals surface area contributed by atoms with Crippen LogP contribution in [-0.4, -0.2) is 45.6 Å². The van der Waals surface area contributed by atoms with E-state index in [-0.39, 0.29) is 17.8 Å². The van der Waals surface area contributed by atoms with Gasteiger partial charge < -0.3 is 4.98 Å². The Morgan fingerprint density at radius 1 is 1.03 bits per heavy atom. The Kier molecular flexibility index (Phi) is 7.38. The predicted molar refractivity (Wildman–Crippen MR) is 128 cm³/mol. The Labute approximate surface area is 195 Å². The molecule has 3 heterocycles. The lowest BCUT2D eigenvalue weighted by Crippen LogP contribution is -2.40. The number of aromatic amines is 1. The van der Waals surface area contributed by atoms with Crippen LogP contribution in [0.25, 0.3) is 11.2 Å². The summed E-state index contributed by atoms with van der Waals surface area (Å²) in [6, 6.07) is 9.92. The normalized spacial score (nSPS) is 11.5. The topological polar surface area (TPSA) is 116 Å². The van der Waals surface area contributed by atoms with Crippen molar-refractivity contribution in [3.8, 4) is 0 Å². The molecule has 0 bridgehead atoms. The zero-order chi connectivity index (χ0) is 23.2. The average Bonchev–Trinajstić information content (AvgIpc) is 3.46. The standard InChI is InChI=1S/C22H28N8O2S/c1-3-4-8-13-28-19-18(23-21(24-19)33-2)20(31)29(22(28)32)14-9-12-17-25-27-30(26-17)15-16-10-6-5-7-11-16/h5-7,10-11H,3-4,8-9,12-15H2,1-2H3,(H,23,24). The lowest BCUT2D eigenvalue weighted by Gasteiger charge is -2.10. The number of nitrogens with zero attached hydrogens (tertiary/aromatic N) is 7. The van der Waals surface area contributed by atoms with E-state index in [1.54, 1.807) is 9.36 Å². The second kappa shape index (κ2) is 10.6. The number of hydrogen-bond acceptors (Lipinski definition) is 7. The lowest BCUT2D eigenvalue weighted by atomic mass is 10.2. The second-order valence-corrected chi connectivity index (χ2v) is 8.66. The van der Waals surface area contributed by atoms with Crippen molar-refractivity contribution in [3.63, 3.8) is 0 Å². The summed E-state index contributed by atoms with van der Waals surface area (Å²) in [5.41, 5.74) is 1.25. The third kappa shape index (κ3) is 5.24. The van der Waals surface area contributed by atoms with E-state index in [9.17, 15) is 9.59 Å². The van der Waals surface area contributed by atoms with Gasteiger partial charge in [0.1, 0.15) is 0 Å². The van der Waals surface area contributed by atoms with Crippen molar-refractivity contribution in [3.05, 3.63) is 62.6 Å². The Balaban J connectivity index is 1.50. The molecule has 4 rings (SSSR count). The third-order valence-corrected chi connectivity index (χ3v) is 6.04. The molecule has 0 aliphatic carbocycles. The number of tetrazole rings is 1. The van der Waals surface area contributed by atoms with Gasteiger partial charge in [0.2, 0.25) is 0 Å². The number of imidazole rings is 1. The van der Waals surface area contributed by atoms with Gasteiger partial charge in [-0.05, 0) is 29.9 Å². The maximum atomic E-state index is 13.2. The first kappa shape index (κ1) is 23.0. The molecule has 0 radical (unpaired) electrons. The van der Waals surface area contributed by atoms with Gasteiger partial charge in [0.15, 0.2) is 22.1 Å². The third-order valence-electron chi connectivity index (χ3n) is 5.46. The van der Waals surface area contributed by atoms with E-state index >= 15 is 0 Å². The summed E-state index contributed by atoms with van der Waals surface area (Å²) >= 11 is 1.41. The van der Waals surface area contributed by atoms with Gasteiger partial charge in [0, 0.05) is 19.5 Å². The van der Waals surface area contributed by atoms with E-state index < -0.39 is 0 Å². The number of aromatic nitrogens is 8. The summed E-state index contributed by atoms with van der Waals surface area (Å²) in [6.07, 6.45) is 5.88. The van der Waals surface area contributed by atoms with Gasteiger partial charge in [-0.25, -0.2) is 9.78 Å². The highest BCUT2D eigenvalue weighted by Gasteiger charge is 2.17. The van der Waals surface area contributed by atoms with E-state index in [0.29, 0.717) is 48.1 Å². The van der Waals surface area contributed by atoms with E-state index in [1.165, 1.54) is 16.3 Å². The number of H-pyrrole nitrogens is 1. The van der Waals surface area contributed by atoms with Crippen LogP contribution in [0.2, 0.25) is 0 Å². The zero-order valence-corrected chi connectivity index (χ0v) is 19.7. The molecule has 0 aliphatic rings. The molecular weight excluding hydrogens is 440 g/mol. The Hall–Kier alpha value is -3.21. The largest absolute Gasteiger partial charge is 0.332 e. The van der Waals surface area contributed by atoms with Crippen molar-refractivity contribution >= 4 is 22.9 Å². The van der Waals surface area contributed by atoms with Crippen molar-refractivity contribution in [1.29, 1.82) is 0 Å². The Bertz CT molecular complexity index is 1320. The van der Waals surface area contributed by atoms with Crippen molar-refractivity contribution in [2.75, 3.05) is 6.26 Å². The number of benzene rings is 1. The number of nitrogens with one attached hydrogen (secondary N) is 1. The molecule has 0 saturated carbocycles. The SMILES string of the molecule is CCCCCn1c(=O)n(CCCc2nnn(Cc3ccccc3)n2)c(=O)c2[nH]c(SC)nc21. The number of rotatable bonds is 11. The lowest BCUT2D eigenvalue weighted by molar-refractivity contribution is 0.522. The summed E-state index contributed by atoms with van der Waals surface area (Å²) in [6.45, 7) is 3.48. The first-order valence-corrected chi connectivity index (χ1v) is 12.4. The van der Waals surface area contributed by atoms with Crippen LogP contribution in [-0.2, 0) is 26.1 Å². The van der Waals surface area contributed by atoms with Gasteiger partial charge >= 0.3 is 5.69 Å². The molecule has 4 aromatic rings. The average molecular weight is 469 g/mol. The van der Waals surface area contributed by atoms with Crippen molar-refractivity contribution in [1.82, 2.24) is 39.3 Å². The molecule has 10 nitrogen and oxygen atoms in total. The molecule has 33 heavy (non-hydrogen) atoms. The van der Waals surface area contributed by atoms with Crippen LogP contribution in [0.1, 0.15) is 44.0 Å². The molecule has 1 N–H and O–H groups in total. The first-order chi connectivity index (χ1) is 16.1. The van der Waals surface area contributed by atoms with Crippen LogP contribution in [0.3, 0.4) is 0 Å². The minimum atomic E-state index is -0.338. The van der Waals surface area contributed by atoms with E-state index in [0.717, 1.165) is 24.8 Å². The van der Waals surface area contributed by atoms with Crippen molar-refractivity contribution < 1.29 is 0 Å². The van der Waals surface area contributed by atoms with Gasteiger partial charge in [0.25, 0.3) is 5.56 Å². The van der Waals surface area contributed by atoms with Gasteiger partial charge in [-0.15, -0.1) is 10.2 Å². The fourth-order valence-electron chi connectivity index (χ4n) is 3.75. The van der Waals surface area contributed by atoms with Gasteiger partial charge in [-0.1, -0.05) is 61.9 Å². The number of aryl methyl sites for hydroxylation is 2. The minimum absolute atomic E-state index is 0.280. The number of hydrogen-bond donors (Lipinski definition) is 1. The molecule has 1 aromatic carbocycles. The first-order valence-electron chi connectivity index (χ1n) is 11.2. The molecule has 0 spiro atoms. The number of thioether (sulfide) groups is 1. The Morgan fingerprint density at radius 3 is 2.58 bits per heavy atom. The van der Waals surface area contributed by atoms with E-state index in [2.05, 4.69) is 32.3 Å². The molecule has 0 unspecified atom stereocenters. The van der Waals surface area contributed by atoms with Crippen LogP contribution in [0, 0.1) is 0 Å². The van der Waals surface area contributed by atoms with Crippen LogP contribution in [0.4, 0.5) is 0 Å². The maximum absolute atomic E-state index is 13.2. The van der Waals surface area contributed by atoms with Crippen LogP contribution in [0.5, 0.6) is 0 Å². The summed E-state index contributed by atoms with van der Waals surface area (Å²) in [7, 11) is 0. The van der Waals surface area contributed by atoms with Gasteiger partial charge in [-0.2, -0.15) is 4.80 Å². The molecule has 0 saturated heterocycles. The zero-order valence-electron chi connectivity index (χ0n) is 18.9. The monoisotopic (exact) mass is 468 g/mol. The van der Waals surface area contributed by atoms with Crippen LogP contribution < -0.4 is 11.2 Å². The maximum Gasteiger partial charge on any atom is 0.332 e.